The van der Waals surface area contributed by atoms with Crippen molar-refractivity contribution >= 4 is 43.6 Å². The molecule has 0 radical (unpaired) electrons. The third kappa shape index (κ3) is 4.63. The first-order valence-electron chi connectivity index (χ1n) is 14.3. The molecule has 0 bridgehead atoms. The molecule has 2 N–H and O–H groups in total. The summed E-state index contributed by atoms with van der Waals surface area (Å²) < 4.78 is 10.7. The summed E-state index contributed by atoms with van der Waals surface area (Å²) in [7, 11) is 0. The number of aliphatic hydroxyl groups is 2. The Morgan fingerprint density at radius 2 is 1.32 bits per heavy atom. The fourth-order valence-electron chi connectivity index (χ4n) is 5.94. The lowest BCUT2D eigenvalue weighted by Gasteiger charge is -2.15. The number of fused-ring (bicyclic) bond motifs is 6. The molecule has 0 amide bonds. The average Bonchev–Trinajstić information content (AvgIpc) is 3.47. The molecule has 4 aromatic carbocycles. The summed E-state index contributed by atoms with van der Waals surface area (Å²) >= 11 is 0. The van der Waals surface area contributed by atoms with E-state index in [4.69, 9.17) is 4.74 Å². The van der Waals surface area contributed by atoms with Crippen LogP contribution in [0.1, 0.15) is 49.9 Å². The normalized spacial score (nSPS) is 11.6. The number of rotatable bonds is 6. The quantitative estimate of drug-likeness (QED) is 0.227. The van der Waals surface area contributed by atoms with E-state index in [1.807, 2.05) is 32.0 Å². The minimum absolute atomic E-state index is 0.0103. The molecule has 5 nitrogen and oxygen atoms in total. The van der Waals surface area contributed by atoms with Crippen LogP contribution < -0.4 is 4.74 Å². The van der Waals surface area contributed by atoms with Crippen molar-refractivity contribution in [3.63, 3.8) is 0 Å². The second-order valence-electron chi connectivity index (χ2n) is 10.7. The Morgan fingerprint density at radius 1 is 0.700 bits per heavy atom. The summed E-state index contributed by atoms with van der Waals surface area (Å²) in [6, 6.07) is 23.1. The maximum absolute atomic E-state index is 9.64. The predicted octanol–water partition coefficient (Wildman–Crippen LogP) is 8.02. The van der Waals surface area contributed by atoms with Crippen molar-refractivity contribution < 1.29 is 14.9 Å². The van der Waals surface area contributed by atoms with E-state index in [0.29, 0.717) is 0 Å². The number of ether oxygens (including phenoxy) is 1. The molecular weight excluding hydrogens is 496 g/mol. The molecule has 5 heteroatoms. The minimum Gasteiger partial charge on any atom is -0.490 e. The van der Waals surface area contributed by atoms with Crippen molar-refractivity contribution in [2.24, 2.45) is 0 Å². The Kier molecular flexibility index (Phi) is 7.88. The lowest BCUT2D eigenvalue weighted by molar-refractivity contribution is 0.228. The number of nitrogens with zero attached hydrogens (tertiary/aromatic N) is 2. The zero-order valence-corrected chi connectivity index (χ0v) is 24.5. The van der Waals surface area contributed by atoms with Crippen LogP contribution in [0.2, 0.25) is 0 Å². The summed E-state index contributed by atoms with van der Waals surface area (Å²) in [5.74, 6) is 0.813. The number of aryl methyl sites for hydroxylation is 4. The first-order valence-corrected chi connectivity index (χ1v) is 14.3. The molecule has 2 heterocycles. The van der Waals surface area contributed by atoms with Gasteiger partial charge in [0.15, 0.2) is 0 Å². The van der Waals surface area contributed by atoms with Crippen LogP contribution in [0, 0.1) is 13.8 Å². The Bertz CT molecular complexity index is 1820. The van der Waals surface area contributed by atoms with E-state index in [1.165, 1.54) is 43.8 Å². The van der Waals surface area contributed by atoms with Gasteiger partial charge in [-0.2, -0.15) is 0 Å². The predicted molar refractivity (Wildman–Crippen MR) is 167 cm³/mol. The number of para-hydroxylation sites is 1. The van der Waals surface area contributed by atoms with Crippen molar-refractivity contribution in [3.8, 4) is 5.75 Å². The van der Waals surface area contributed by atoms with Gasteiger partial charge in [-0.05, 0) is 88.6 Å². The molecule has 0 unspecified atom stereocenters. The van der Waals surface area contributed by atoms with Crippen LogP contribution in [0.15, 0.2) is 66.7 Å². The Morgan fingerprint density at radius 3 is 1.98 bits per heavy atom. The largest absolute Gasteiger partial charge is 0.490 e. The van der Waals surface area contributed by atoms with Gasteiger partial charge in [-0.15, -0.1) is 0 Å². The zero-order valence-electron chi connectivity index (χ0n) is 24.5. The highest BCUT2D eigenvalue weighted by atomic mass is 16.5. The molecule has 0 aliphatic carbocycles. The summed E-state index contributed by atoms with van der Waals surface area (Å²) in [4.78, 5) is 0. The average molecular weight is 537 g/mol. The Hall–Kier alpha value is -3.80. The smallest absolute Gasteiger partial charge is 0.135 e. The van der Waals surface area contributed by atoms with Crippen molar-refractivity contribution in [3.05, 3.63) is 89.0 Å². The molecule has 0 aliphatic rings. The van der Waals surface area contributed by atoms with Crippen molar-refractivity contribution in [1.82, 2.24) is 9.13 Å². The first-order chi connectivity index (χ1) is 19.3. The topological polar surface area (TPSA) is 59.5 Å². The van der Waals surface area contributed by atoms with Crippen molar-refractivity contribution in [2.75, 3.05) is 0 Å². The van der Waals surface area contributed by atoms with Crippen molar-refractivity contribution in [1.29, 1.82) is 0 Å². The summed E-state index contributed by atoms with van der Waals surface area (Å²) in [6.45, 7) is 14.6. The lowest BCUT2D eigenvalue weighted by Crippen LogP contribution is -2.08. The SMILES string of the molecule is CCn1c2ccc(CO)cc2c2c(C)c(C)ccc21.CCn1c2ccccc2c2c(OC(C)C)c(CO)ccc21. The third-order valence-corrected chi connectivity index (χ3v) is 7.94. The lowest BCUT2D eigenvalue weighted by atomic mass is 10.0. The summed E-state index contributed by atoms with van der Waals surface area (Å²) in [5, 5.41) is 23.9. The van der Waals surface area contributed by atoms with E-state index in [9.17, 15) is 10.2 Å². The van der Waals surface area contributed by atoms with E-state index < -0.39 is 0 Å². The molecule has 2 aromatic heterocycles. The van der Waals surface area contributed by atoms with Crippen LogP contribution in [0.4, 0.5) is 0 Å². The molecule has 0 saturated heterocycles. The van der Waals surface area contributed by atoms with Gasteiger partial charge in [0, 0.05) is 56.7 Å². The molecule has 208 valence electrons. The molecular formula is C35H40N2O3. The van der Waals surface area contributed by atoms with E-state index in [2.05, 4.69) is 85.4 Å². The van der Waals surface area contributed by atoms with Crippen LogP contribution in [-0.2, 0) is 26.3 Å². The maximum atomic E-state index is 9.64. The number of hydrogen-bond acceptors (Lipinski definition) is 3. The Balaban J connectivity index is 0.000000162. The molecule has 6 rings (SSSR count). The third-order valence-electron chi connectivity index (χ3n) is 7.94. The van der Waals surface area contributed by atoms with Gasteiger partial charge in [-0.1, -0.05) is 36.4 Å². The monoisotopic (exact) mass is 536 g/mol. The van der Waals surface area contributed by atoms with E-state index >= 15 is 0 Å². The van der Waals surface area contributed by atoms with E-state index in [0.717, 1.165) is 40.9 Å². The fraction of sp³-hybridized carbons (Fsp3) is 0.314. The van der Waals surface area contributed by atoms with Crippen LogP contribution in [0.25, 0.3) is 43.6 Å². The number of hydrogen-bond donors (Lipinski definition) is 2. The van der Waals surface area contributed by atoms with Crippen LogP contribution >= 0.6 is 0 Å². The van der Waals surface area contributed by atoms with Gasteiger partial charge in [0.2, 0.25) is 0 Å². The van der Waals surface area contributed by atoms with Gasteiger partial charge in [0.25, 0.3) is 0 Å². The minimum atomic E-state index is -0.0103. The van der Waals surface area contributed by atoms with Gasteiger partial charge in [0.1, 0.15) is 5.75 Å². The number of aromatic nitrogens is 2. The molecule has 0 atom stereocenters. The standard InChI is InChI=1S/C18H21NO2.C17H19NO/c1-4-19-15-8-6-5-7-14(15)17-16(19)10-9-13(11-20)18(17)21-12(2)3;1-4-18-15-8-6-13(10-19)9-14(15)17-12(3)11(2)5-7-16(17)18/h5-10,12,20H,4,11H2,1-3H3;5-9,19H,4,10H2,1-3H3. The summed E-state index contributed by atoms with van der Waals surface area (Å²) in [5.41, 5.74) is 9.38. The van der Waals surface area contributed by atoms with E-state index in [1.54, 1.807) is 0 Å². The second kappa shape index (κ2) is 11.4. The van der Waals surface area contributed by atoms with Gasteiger partial charge >= 0.3 is 0 Å². The van der Waals surface area contributed by atoms with E-state index in [-0.39, 0.29) is 19.3 Å². The highest BCUT2D eigenvalue weighted by Gasteiger charge is 2.18. The number of benzene rings is 4. The van der Waals surface area contributed by atoms with Crippen LogP contribution in [0.3, 0.4) is 0 Å². The van der Waals surface area contributed by atoms with Crippen molar-refractivity contribution in [2.45, 2.75) is 73.9 Å². The molecule has 0 saturated carbocycles. The molecule has 0 aliphatic heterocycles. The van der Waals surface area contributed by atoms with Gasteiger partial charge in [-0.3, -0.25) is 0 Å². The van der Waals surface area contributed by atoms with Gasteiger partial charge < -0.3 is 24.1 Å². The Labute approximate surface area is 236 Å². The van der Waals surface area contributed by atoms with Crippen LogP contribution in [-0.4, -0.2) is 25.5 Å². The number of aliphatic hydroxyl groups excluding tert-OH is 2. The second-order valence-corrected chi connectivity index (χ2v) is 10.7. The highest BCUT2D eigenvalue weighted by Crippen LogP contribution is 2.39. The molecule has 40 heavy (non-hydrogen) atoms. The summed E-state index contributed by atoms with van der Waals surface area (Å²) in [6.07, 6.45) is 0.0737. The first kappa shape index (κ1) is 27.8. The molecule has 6 aromatic rings. The maximum Gasteiger partial charge on any atom is 0.135 e. The highest BCUT2D eigenvalue weighted by molar-refractivity contribution is 6.12. The molecule has 0 fully saturated rings. The molecule has 0 spiro atoms. The van der Waals surface area contributed by atoms with Gasteiger partial charge in [0.05, 0.1) is 24.8 Å². The van der Waals surface area contributed by atoms with Gasteiger partial charge in [-0.25, -0.2) is 0 Å². The fourth-order valence-corrected chi connectivity index (χ4v) is 5.94. The zero-order chi connectivity index (χ0) is 28.6. The van der Waals surface area contributed by atoms with Crippen LogP contribution in [0.5, 0.6) is 5.75 Å².